The van der Waals surface area contributed by atoms with Gasteiger partial charge in [-0.1, -0.05) is 84.9 Å². The molecular weight excluding hydrogens is 342 g/mol. The highest BCUT2D eigenvalue weighted by atomic mass is 15.1. The zero-order valence-electron chi connectivity index (χ0n) is 15.4. The smallest absolute Gasteiger partial charge is 0.160 e. The molecule has 3 nitrogen and oxygen atoms in total. The predicted octanol–water partition coefficient (Wildman–Crippen LogP) is 6.10. The molecule has 3 aromatic carbocycles. The van der Waals surface area contributed by atoms with E-state index >= 15 is 0 Å². The topological polar surface area (TPSA) is 30.7 Å². The van der Waals surface area contributed by atoms with Gasteiger partial charge in [-0.05, 0) is 6.07 Å². The van der Waals surface area contributed by atoms with Crippen molar-refractivity contribution in [3.63, 3.8) is 0 Å². The average molecular weight is 361 g/mol. The first-order chi connectivity index (χ1) is 13.9. The maximum atomic E-state index is 5.14. The van der Waals surface area contributed by atoms with Gasteiger partial charge in [-0.25, -0.2) is 9.97 Å². The first kappa shape index (κ1) is 16.5. The van der Waals surface area contributed by atoms with Crippen LogP contribution in [0.25, 0.3) is 44.6 Å². The summed E-state index contributed by atoms with van der Waals surface area (Å²) in [6.45, 7) is 4.62. The second-order valence-corrected chi connectivity index (χ2v) is 6.74. The number of nitrogens with zero attached hydrogens (tertiary/aromatic N) is 3. The van der Waals surface area contributed by atoms with E-state index in [0.717, 1.165) is 44.6 Å². The fourth-order valence-electron chi connectivity index (χ4n) is 3.73. The molecule has 5 aromatic rings. The van der Waals surface area contributed by atoms with E-state index in [-0.39, 0.29) is 0 Å². The Morgan fingerprint density at radius 2 is 1.29 bits per heavy atom. The Morgan fingerprint density at radius 1 is 0.714 bits per heavy atom. The zero-order chi connectivity index (χ0) is 18.9. The van der Waals surface area contributed by atoms with Crippen LogP contribution >= 0.6 is 0 Å². The van der Waals surface area contributed by atoms with Crippen molar-refractivity contribution in [3.8, 4) is 22.5 Å². The number of allylic oxidation sites excluding steroid dienone is 1. The molecule has 0 saturated carbocycles. The summed E-state index contributed by atoms with van der Waals surface area (Å²) in [7, 11) is 0. The quantitative estimate of drug-likeness (QED) is 0.362. The maximum absolute atomic E-state index is 5.14. The van der Waals surface area contributed by atoms with E-state index in [1.54, 1.807) is 0 Å². The maximum Gasteiger partial charge on any atom is 0.160 e. The highest BCUT2D eigenvalue weighted by molar-refractivity contribution is 6.06. The van der Waals surface area contributed by atoms with Gasteiger partial charge >= 0.3 is 0 Å². The van der Waals surface area contributed by atoms with Crippen LogP contribution in [0.2, 0.25) is 0 Å². The molecule has 0 unspecified atom stereocenters. The number of aromatic nitrogens is 3. The summed E-state index contributed by atoms with van der Waals surface area (Å²) in [5, 5.41) is 1.11. The third-order valence-corrected chi connectivity index (χ3v) is 4.99. The summed E-state index contributed by atoms with van der Waals surface area (Å²) >= 11 is 0. The summed E-state index contributed by atoms with van der Waals surface area (Å²) in [6, 6.07) is 28.9. The van der Waals surface area contributed by atoms with Crippen LogP contribution in [-0.2, 0) is 6.54 Å². The zero-order valence-corrected chi connectivity index (χ0v) is 15.4. The van der Waals surface area contributed by atoms with Gasteiger partial charge in [0, 0.05) is 23.1 Å². The van der Waals surface area contributed by atoms with Crippen LogP contribution in [0.15, 0.2) is 97.6 Å². The highest BCUT2D eigenvalue weighted by Gasteiger charge is 2.18. The minimum atomic E-state index is 0.692. The van der Waals surface area contributed by atoms with Gasteiger partial charge in [0.25, 0.3) is 0 Å². The highest BCUT2D eigenvalue weighted by Crippen LogP contribution is 2.34. The van der Waals surface area contributed by atoms with Crippen LogP contribution in [0.3, 0.4) is 0 Å². The Hall–Kier alpha value is -3.72. The molecule has 0 fully saturated rings. The molecule has 3 heteroatoms. The summed E-state index contributed by atoms with van der Waals surface area (Å²) < 4.78 is 2.19. The molecule has 2 heterocycles. The molecule has 5 rings (SSSR count). The van der Waals surface area contributed by atoms with Crippen molar-refractivity contribution in [2.75, 3.05) is 0 Å². The number of benzene rings is 3. The molecular formula is C25H19N3. The fraction of sp³-hybridized carbons (Fsp3) is 0.0400. The van der Waals surface area contributed by atoms with Crippen LogP contribution in [0.5, 0.6) is 0 Å². The Labute approximate surface area is 163 Å². The van der Waals surface area contributed by atoms with Crippen LogP contribution in [0.4, 0.5) is 0 Å². The number of hydrogen-bond acceptors (Lipinski definition) is 2. The van der Waals surface area contributed by atoms with Crippen molar-refractivity contribution in [1.82, 2.24) is 14.5 Å². The van der Waals surface area contributed by atoms with E-state index in [1.807, 2.05) is 42.5 Å². The van der Waals surface area contributed by atoms with Crippen molar-refractivity contribution in [2.24, 2.45) is 0 Å². The minimum Gasteiger partial charge on any atom is -0.320 e. The lowest BCUT2D eigenvalue weighted by Crippen LogP contribution is -2.00. The SMILES string of the molecule is C=CCn1c2ccccc2c2nc(-c3ccccc3)c(-c3ccccc3)nc21. The summed E-state index contributed by atoms with van der Waals surface area (Å²) in [4.78, 5) is 10.3. The standard InChI is InChI=1S/C25H19N3/c1-2-17-28-21-16-10-9-15-20(21)24-25(28)27-23(19-13-7-4-8-14-19)22(26-24)18-11-5-3-6-12-18/h2-16H,1,17H2. The second-order valence-electron chi connectivity index (χ2n) is 6.74. The molecule has 0 radical (unpaired) electrons. The van der Waals surface area contributed by atoms with Gasteiger partial charge in [-0.2, -0.15) is 0 Å². The van der Waals surface area contributed by atoms with Crippen LogP contribution < -0.4 is 0 Å². The van der Waals surface area contributed by atoms with E-state index in [2.05, 4.69) is 59.7 Å². The van der Waals surface area contributed by atoms with Crippen molar-refractivity contribution in [3.05, 3.63) is 97.6 Å². The molecule has 0 spiro atoms. The van der Waals surface area contributed by atoms with Crippen molar-refractivity contribution < 1.29 is 0 Å². The van der Waals surface area contributed by atoms with Gasteiger partial charge < -0.3 is 4.57 Å². The van der Waals surface area contributed by atoms with Crippen LogP contribution in [0, 0.1) is 0 Å². The lowest BCUT2D eigenvalue weighted by molar-refractivity contribution is 0.885. The van der Waals surface area contributed by atoms with Crippen LogP contribution in [0.1, 0.15) is 0 Å². The molecule has 134 valence electrons. The second kappa shape index (κ2) is 6.78. The number of hydrogen-bond donors (Lipinski definition) is 0. The number of rotatable bonds is 4. The summed E-state index contributed by atoms with van der Waals surface area (Å²) in [6.07, 6.45) is 1.90. The fourth-order valence-corrected chi connectivity index (χ4v) is 3.73. The van der Waals surface area contributed by atoms with Gasteiger partial charge in [0.1, 0.15) is 5.52 Å². The third kappa shape index (κ3) is 2.60. The van der Waals surface area contributed by atoms with E-state index < -0.39 is 0 Å². The van der Waals surface area contributed by atoms with E-state index in [9.17, 15) is 0 Å². The molecule has 0 aliphatic heterocycles. The van der Waals surface area contributed by atoms with Gasteiger partial charge in [-0.3, -0.25) is 0 Å². The Morgan fingerprint density at radius 3 is 1.93 bits per heavy atom. The molecule has 0 N–H and O–H groups in total. The number of fused-ring (bicyclic) bond motifs is 3. The van der Waals surface area contributed by atoms with E-state index in [1.165, 1.54) is 0 Å². The van der Waals surface area contributed by atoms with Gasteiger partial charge in [0.2, 0.25) is 0 Å². The van der Waals surface area contributed by atoms with Crippen molar-refractivity contribution >= 4 is 22.1 Å². The van der Waals surface area contributed by atoms with Crippen LogP contribution in [-0.4, -0.2) is 14.5 Å². The van der Waals surface area contributed by atoms with Gasteiger partial charge in [0.05, 0.1) is 16.9 Å². The molecule has 0 atom stereocenters. The largest absolute Gasteiger partial charge is 0.320 e. The molecule has 28 heavy (non-hydrogen) atoms. The molecule has 0 aliphatic rings. The number of para-hydroxylation sites is 1. The Balaban J connectivity index is 1.92. The molecule has 0 amide bonds. The monoisotopic (exact) mass is 361 g/mol. The molecule has 0 saturated heterocycles. The van der Waals surface area contributed by atoms with Crippen molar-refractivity contribution in [1.29, 1.82) is 0 Å². The molecule has 0 bridgehead atoms. The Kier molecular flexibility index (Phi) is 3.99. The third-order valence-electron chi connectivity index (χ3n) is 4.99. The van der Waals surface area contributed by atoms with Gasteiger partial charge in [-0.15, -0.1) is 6.58 Å². The average Bonchev–Trinajstić information content (AvgIpc) is 3.07. The Bertz CT molecular complexity index is 1290. The first-order valence-corrected chi connectivity index (χ1v) is 9.37. The normalized spacial score (nSPS) is 11.1. The first-order valence-electron chi connectivity index (χ1n) is 9.37. The lowest BCUT2D eigenvalue weighted by Gasteiger charge is -2.10. The minimum absolute atomic E-state index is 0.692. The van der Waals surface area contributed by atoms with Gasteiger partial charge in [0.15, 0.2) is 5.65 Å². The van der Waals surface area contributed by atoms with Crippen molar-refractivity contribution in [2.45, 2.75) is 6.54 Å². The summed E-state index contributed by atoms with van der Waals surface area (Å²) in [5.41, 5.74) is 6.87. The molecule has 0 aliphatic carbocycles. The van der Waals surface area contributed by atoms with E-state index in [0.29, 0.717) is 6.54 Å². The van der Waals surface area contributed by atoms with E-state index in [4.69, 9.17) is 9.97 Å². The summed E-state index contributed by atoms with van der Waals surface area (Å²) in [5.74, 6) is 0. The molecule has 2 aromatic heterocycles. The lowest BCUT2D eigenvalue weighted by atomic mass is 10.0. The predicted molar refractivity (Wildman–Crippen MR) is 116 cm³/mol.